The van der Waals surface area contributed by atoms with E-state index in [1.807, 2.05) is 0 Å². The molecule has 1 aliphatic heterocycles. The average Bonchev–Trinajstić information content (AvgIpc) is 3.26. The van der Waals surface area contributed by atoms with Crippen molar-refractivity contribution >= 4 is 11.9 Å². The molecule has 36 heavy (non-hydrogen) atoms. The Balaban J connectivity index is 1.78. The van der Waals surface area contributed by atoms with Crippen molar-refractivity contribution in [2.75, 3.05) is 0 Å². The fourth-order valence-corrected chi connectivity index (χ4v) is 4.97. The maximum Gasteiger partial charge on any atom is 0.253 e. The summed E-state index contributed by atoms with van der Waals surface area (Å²) in [5, 5.41) is 10.9. The number of hydrogen-bond acceptors (Lipinski definition) is 2. The van der Waals surface area contributed by atoms with Gasteiger partial charge in [-0.2, -0.15) is 4.99 Å². The van der Waals surface area contributed by atoms with Gasteiger partial charge in [-0.3, -0.25) is 4.79 Å². The smallest absolute Gasteiger partial charge is 0.253 e. The molecule has 1 unspecified atom stereocenters. The van der Waals surface area contributed by atoms with Crippen LogP contribution in [0, 0.1) is 5.92 Å². The van der Waals surface area contributed by atoms with Gasteiger partial charge in [0, 0.05) is 12.0 Å². The number of guanidine groups is 1. The van der Waals surface area contributed by atoms with E-state index in [0.717, 1.165) is 25.7 Å². The number of hydrogen-bond donors (Lipinski definition) is 1. The zero-order valence-corrected chi connectivity index (χ0v) is 23.1. The third kappa shape index (κ3) is 12.8. The first-order chi connectivity index (χ1) is 17.6. The molecule has 0 spiro atoms. The molecule has 5 heteroatoms. The second kappa shape index (κ2) is 19.1. The molecule has 1 aliphatic rings. The summed E-state index contributed by atoms with van der Waals surface area (Å²) in [6.07, 6.45) is 25.0. The number of amides is 1. The van der Waals surface area contributed by atoms with Gasteiger partial charge in [0.2, 0.25) is 0 Å². The maximum absolute atomic E-state index is 13.1. The number of unbranched alkanes of at least 4 members (excludes halogenated alkanes) is 16. The van der Waals surface area contributed by atoms with Crippen LogP contribution in [0.1, 0.15) is 142 Å². The standard InChI is InChI=1S/C31H51N3O2/c1-3-5-7-9-11-13-14-16-18-20-22-26(21-19-17-15-12-10-8-6-4-2)30(36)34-31-32-28-24-23-27(35)25-29(28)33-31/h23-26,35H,3-22H2,1-2H3. The van der Waals surface area contributed by atoms with Crippen LogP contribution in [0.2, 0.25) is 0 Å². The fraction of sp³-hybridized carbons (Fsp3) is 0.742. The predicted molar refractivity (Wildman–Crippen MR) is 150 cm³/mol. The monoisotopic (exact) mass is 497 g/mol. The Morgan fingerprint density at radius 3 is 1.64 bits per heavy atom. The summed E-state index contributed by atoms with van der Waals surface area (Å²) in [5.41, 5.74) is 0. The lowest BCUT2D eigenvalue weighted by Gasteiger charge is -2.13. The molecule has 0 radical (unpaired) electrons. The quantitative estimate of drug-likeness (QED) is 0.175. The molecule has 1 N–H and O–H groups in total. The van der Waals surface area contributed by atoms with Gasteiger partial charge in [-0.25, -0.2) is 9.98 Å². The summed E-state index contributed by atoms with van der Waals surface area (Å²) in [6, 6.07) is 4.86. The number of carbonyl (C=O) groups is 1. The van der Waals surface area contributed by atoms with E-state index in [4.69, 9.17) is 0 Å². The van der Waals surface area contributed by atoms with Crippen molar-refractivity contribution in [1.29, 1.82) is 0 Å². The number of phenols is 1. The van der Waals surface area contributed by atoms with Crippen LogP contribution in [0.25, 0.3) is 0 Å². The summed E-state index contributed by atoms with van der Waals surface area (Å²) in [6.45, 7) is 4.52. The van der Waals surface area contributed by atoms with Crippen molar-refractivity contribution in [2.45, 2.75) is 142 Å². The minimum absolute atomic E-state index is 0.0332. The van der Waals surface area contributed by atoms with E-state index in [2.05, 4.69) is 28.8 Å². The van der Waals surface area contributed by atoms with Gasteiger partial charge in [0.05, 0.1) is 10.7 Å². The molecule has 0 fully saturated rings. The van der Waals surface area contributed by atoms with E-state index < -0.39 is 0 Å². The third-order valence-corrected chi connectivity index (χ3v) is 7.27. The first kappa shape index (κ1) is 30.2. The summed E-state index contributed by atoms with van der Waals surface area (Å²) in [5.74, 6) is 0.265. The molecule has 0 saturated heterocycles. The largest absolute Gasteiger partial charge is 0.508 e. The molecule has 202 valence electrons. The van der Waals surface area contributed by atoms with Crippen LogP contribution in [0.5, 0.6) is 5.75 Å². The Morgan fingerprint density at radius 2 is 1.14 bits per heavy atom. The normalized spacial score (nSPS) is 14.4. The number of benzene rings is 1. The number of phenolic OH excluding ortho intramolecular Hbond substituents is 1. The number of fused-ring (bicyclic) bond motifs is 1. The highest BCUT2D eigenvalue weighted by Crippen LogP contribution is 2.21. The molecule has 0 saturated carbocycles. The second-order valence-electron chi connectivity index (χ2n) is 10.6. The molecule has 1 amide bonds. The van der Waals surface area contributed by atoms with Crippen molar-refractivity contribution in [3.8, 4) is 5.75 Å². The highest BCUT2D eigenvalue weighted by Gasteiger charge is 2.19. The zero-order valence-electron chi connectivity index (χ0n) is 23.1. The topological polar surface area (TPSA) is 74.4 Å². The lowest BCUT2D eigenvalue weighted by Crippen LogP contribution is -2.20. The molecule has 1 heterocycles. The molecule has 0 bridgehead atoms. The zero-order chi connectivity index (χ0) is 25.8. The van der Waals surface area contributed by atoms with Crippen molar-refractivity contribution in [3.05, 3.63) is 28.9 Å². The van der Waals surface area contributed by atoms with Gasteiger partial charge >= 0.3 is 0 Å². The first-order valence-corrected chi connectivity index (χ1v) is 15.0. The van der Waals surface area contributed by atoms with Crippen LogP contribution in [0.3, 0.4) is 0 Å². The lowest BCUT2D eigenvalue weighted by molar-refractivity contribution is -0.122. The van der Waals surface area contributed by atoms with Gasteiger partial charge in [-0.15, -0.1) is 0 Å². The molecular weight excluding hydrogens is 446 g/mol. The summed E-state index contributed by atoms with van der Waals surface area (Å²) < 4.78 is 0. The summed E-state index contributed by atoms with van der Waals surface area (Å²) in [4.78, 5) is 26.1. The third-order valence-electron chi connectivity index (χ3n) is 7.27. The number of carbonyl (C=O) groups excluding carboxylic acids is 1. The van der Waals surface area contributed by atoms with Crippen LogP contribution in [0.4, 0.5) is 0 Å². The van der Waals surface area contributed by atoms with Gasteiger partial charge in [0.1, 0.15) is 5.75 Å². The van der Waals surface area contributed by atoms with E-state index in [1.54, 1.807) is 18.2 Å². The van der Waals surface area contributed by atoms with Gasteiger partial charge in [-0.1, -0.05) is 129 Å². The van der Waals surface area contributed by atoms with E-state index >= 15 is 0 Å². The molecule has 1 atom stereocenters. The number of rotatable bonds is 21. The van der Waals surface area contributed by atoms with Crippen LogP contribution in [-0.2, 0) is 4.79 Å². The first-order valence-electron chi connectivity index (χ1n) is 15.0. The van der Waals surface area contributed by atoms with Crippen LogP contribution >= 0.6 is 0 Å². The minimum atomic E-state index is -0.0756. The van der Waals surface area contributed by atoms with E-state index in [0.29, 0.717) is 10.7 Å². The number of nitrogens with zero attached hydrogens (tertiary/aromatic N) is 3. The molecule has 1 aromatic rings. The predicted octanol–water partition coefficient (Wildman–Crippen LogP) is 7.99. The number of aromatic hydroxyl groups is 1. The van der Waals surface area contributed by atoms with E-state index in [9.17, 15) is 9.90 Å². The van der Waals surface area contributed by atoms with Gasteiger partial charge in [0.15, 0.2) is 0 Å². The minimum Gasteiger partial charge on any atom is -0.508 e. The highest BCUT2D eigenvalue weighted by molar-refractivity contribution is 5.95. The molecular formula is C31H51N3O2. The van der Waals surface area contributed by atoms with E-state index in [-0.39, 0.29) is 23.5 Å². The Labute approximate surface area is 219 Å². The second-order valence-corrected chi connectivity index (χ2v) is 10.6. The molecule has 1 aromatic carbocycles. The SMILES string of the molecule is CCCCCCCCCCCCC(CCCCCCCCCC)C(=O)N=C1N=c2ccc(O)cc2=N1. The van der Waals surface area contributed by atoms with Crippen molar-refractivity contribution in [1.82, 2.24) is 0 Å². The molecule has 5 nitrogen and oxygen atoms in total. The lowest BCUT2D eigenvalue weighted by atomic mass is 9.93. The Kier molecular flexibility index (Phi) is 16.0. The molecule has 0 aliphatic carbocycles. The molecule has 2 rings (SSSR count). The molecule has 0 aromatic heterocycles. The van der Waals surface area contributed by atoms with Crippen LogP contribution in [0.15, 0.2) is 33.2 Å². The summed E-state index contributed by atoms with van der Waals surface area (Å²) >= 11 is 0. The number of aliphatic imine (C=N–C) groups is 1. The van der Waals surface area contributed by atoms with Crippen molar-refractivity contribution in [2.24, 2.45) is 20.9 Å². The maximum atomic E-state index is 13.1. The average molecular weight is 498 g/mol. The van der Waals surface area contributed by atoms with Gasteiger partial charge in [0.25, 0.3) is 11.9 Å². The Morgan fingerprint density at radius 1 is 0.694 bits per heavy atom. The van der Waals surface area contributed by atoms with Crippen LogP contribution < -0.4 is 10.7 Å². The Hall–Kier alpha value is -2.04. The van der Waals surface area contributed by atoms with Gasteiger partial charge < -0.3 is 5.11 Å². The van der Waals surface area contributed by atoms with Crippen LogP contribution in [-0.4, -0.2) is 17.0 Å². The fourth-order valence-electron chi connectivity index (χ4n) is 4.97. The Bertz CT molecular complexity index is 894. The van der Waals surface area contributed by atoms with Gasteiger partial charge in [-0.05, 0) is 25.0 Å². The highest BCUT2D eigenvalue weighted by atomic mass is 16.3. The van der Waals surface area contributed by atoms with Crippen molar-refractivity contribution < 1.29 is 9.90 Å². The van der Waals surface area contributed by atoms with Crippen molar-refractivity contribution in [3.63, 3.8) is 0 Å². The summed E-state index contributed by atoms with van der Waals surface area (Å²) in [7, 11) is 0. The van der Waals surface area contributed by atoms with E-state index in [1.165, 1.54) is 103 Å².